The highest BCUT2D eigenvalue weighted by molar-refractivity contribution is 6.13. The molecule has 0 rings (SSSR count). The first kappa shape index (κ1) is 9.51. The van der Waals surface area contributed by atoms with Gasteiger partial charge in [-0.3, -0.25) is 0 Å². The van der Waals surface area contributed by atoms with Gasteiger partial charge in [0.05, 0.1) is 6.07 Å². The lowest BCUT2D eigenvalue weighted by atomic mass is 10.5. The summed E-state index contributed by atoms with van der Waals surface area (Å²) in [5.41, 5.74) is 0. The lowest BCUT2D eigenvalue weighted by Crippen LogP contribution is -1.75. The predicted octanol–water partition coefficient (Wildman–Crippen LogP) is -0.799. The summed E-state index contributed by atoms with van der Waals surface area (Å²) in [6, 6.07) is 1.69. The van der Waals surface area contributed by atoms with Crippen molar-refractivity contribution in [1.82, 2.24) is 0 Å². The third-order valence-corrected chi connectivity index (χ3v) is 0.0913. The Kier molecular flexibility index (Phi) is 25.7. The van der Waals surface area contributed by atoms with E-state index in [1.54, 1.807) is 6.07 Å². The molecule has 3 nitrogen and oxygen atoms in total. The second-order valence-electron chi connectivity index (χ2n) is 0.449. The van der Waals surface area contributed by atoms with Crippen LogP contribution < -0.4 is 0 Å². The van der Waals surface area contributed by atoms with E-state index < -0.39 is 0 Å². The molecule has 0 amide bonds. The molecule has 0 heterocycles. The molecule has 0 fully saturated rings. The van der Waals surface area contributed by atoms with Crippen LogP contribution in [-0.2, 0) is 0 Å². The van der Waals surface area contributed by atoms with Crippen molar-refractivity contribution in [3.8, 4) is 6.07 Å². The van der Waals surface area contributed by atoms with Crippen LogP contribution in [0.5, 0.6) is 0 Å². The van der Waals surface area contributed by atoms with Gasteiger partial charge < -0.3 is 10.0 Å². The molecule has 0 aromatic heterocycles. The van der Waals surface area contributed by atoms with Crippen molar-refractivity contribution in [3.63, 3.8) is 0 Å². The Labute approximate surface area is 42.8 Å². The molecule has 0 aliphatic rings. The zero-order chi connectivity index (χ0) is 6.12. The van der Waals surface area contributed by atoms with E-state index in [9.17, 15) is 0 Å². The molecular weight excluding hydrogens is 92.8 g/mol. The number of nitrogens with zero attached hydrogens (tertiary/aromatic N) is 1. The third-order valence-electron chi connectivity index (χ3n) is 0.0913. The smallest absolute Gasteiger partial charge is 0.429 e. The van der Waals surface area contributed by atoms with E-state index in [0.717, 1.165) is 0 Å². The van der Waals surface area contributed by atoms with Gasteiger partial charge in [-0.25, -0.2) is 0 Å². The van der Waals surface area contributed by atoms with Crippen LogP contribution in [0.4, 0.5) is 0 Å². The van der Waals surface area contributed by atoms with Gasteiger partial charge in [-0.1, -0.05) is 6.58 Å². The highest BCUT2D eigenvalue weighted by Crippen LogP contribution is 1.41. The number of hydrogen-bond donors (Lipinski definition) is 2. The van der Waals surface area contributed by atoms with E-state index >= 15 is 0 Å². The van der Waals surface area contributed by atoms with Crippen molar-refractivity contribution >= 4 is 7.69 Å². The van der Waals surface area contributed by atoms with E-state index in [-0.39, 0.29) is 7.69 Å². The molecule has 0 atom stereocenters. The van der Waals surface area contributed by atoms with Crippen molar-refractivity contribution < 1.29 is 10.0 Å². The van der Waals surface area contributed by atoms with Crippen molar-refractivity contribution in [3.05, 3.63) is 12.7 Å². The molecular formula is C3H5BNO2. The van der Waals surface area contributed by atoms with E-state index in [1.807, 2.05) is 0 Å². The molecule has 0 bridgehead atoms. The van der Waals surface area contributed by atoms with Gasteiger partial charge in [-0.15, -0.1) is 0 Å². The topological polar surface area (TPSA) is 64.2 Å². The van der Waals surface area contributed by atoms with Crippen molar-refractivity contribution in [2.75, 3.05) is 0 Å². The van der Waals surface area contributed by atoms with Gasteiger partial charge in [0.25, 0.3) is 0 Å². The SMILES string of the molecule is C=CC#N.O[B]O. The molecule has 0 aromatic carbocycles. The van der Waals surface area contributed by atoms with Crippen LogP contribution in [0, 0.1) is 11.3 Å². The Balaban J connectivity index is 0. The Morgan fingerprint density at radius 2 is 1.86 bits per heavy atom. The summed E-state index contributed by atoms with van der Waals surface area (Å²) in [6.45, 7) is 3.12. The Morgan fingerprint density at radius 1 is 1.71 bits per heavy atom. The van der Waals surface area contributed by atoms with Crippen LogP contribution >= 0.6 is 0 Å². The number of hydrogen-bond acceptors (Lipinski definition) is 3. The van der Waals surface area contributed by atoms with Crippen LogP contribution in [0.25, 0.3) is 0 Å². The minimum absolute atomic E-state index is 0. The second kappa shape index (κ2) is 18.9. The van der Waals surface area contributed by atoms with Gasteiger partial charge in [0.1, 0.15) is 0 Å². The van der Waals surface area contributed by atoms with Gasteiger partial charge in [-0.2, -0.15) is 5.26 Å². The maximum atomic E-state index is 7.51. The molecule has 0 unspecified atom stereocenters. The van der Waals surface area contributed by atoms with Crippen LogP contribution in [0.2, 0.25) is 0 Å². The molecule has 0 saturated carbocycles. The monoisotopic (exact) mass is 98.0 g/mol. The van der Waals surface area contributed by atoms with Gasteiger partial charge in [0.2, 0.25) is 0 Å². The molecule has 1 radical (unpaired) electrons. The number of nitriles is 1. The lowest BCUT2D eigenvalue weighted by Gasteiger charge is -1.46. The fourth-order valence-electron chi connectivity index (χ4n) is 0. The average molecular weight is 97.9 g/mol. The Bertz CT molecular complexity index is 67.8. The van der Waals surface area contributed by atoms with Crippen molar-refractivity contribution in [2.24, 2.45) is 0 Å². The van der Waals surface area contributed by atoms with Crippen LogP contribution in [0.1, 0.15) is 0 Å². The summed E-state index contributed by atoms with van der Waals surface area (Å²) in [5, 5.41) is 21.5. The van der Waals surface area contributed by atoms with E-state index in [4.69, 9.17) is 15.3 Å². The normalized spacial score (nSPS) is 4.14. The number of rotatable bonds is 0. The van der Waals surface area contributed by atoms with E-state index in [1.165, 1.54) is 6.08 Å². The highest BCUT2D eigenvalue weighted by Gasteiger charge is 1.51. The minimum atomic E-state index is 0. The van der Waals surface area contributed by atoms with Gasteiger partial charge >= 0.3 is 7.69 Å². The molecule has 0 aromatic rings. The molecule has 0 aliphatic heterocycles. The predicted molar refractivity (Wildman–Crippen MR) is 26.0 cm³/mol. The summed E-state index contributed by atoms with van der Waals surface area (Å²) >= 11 is 0. The van der Waals surface area contributed by atoms with Crippen molar-refractivity contribution in [2.45, 2.75) is 0 Å². The molecule has 7 heavy (non-hydrogen) atoms. The molecule has 0 aliphatic carbocycles. The zero-order valence-electron chi connectivity index (χ0n) is 3.70. The zero-order valence-corrected chi connectivity index (χ0v) is 3.70. The summed E-state index contributed by atoms with van der Waals surface area (Å²) in [4.78, 5) is 0. The number of allylic oxidation sites excluding steroid dienone is 1. The Hall–Kier alpha value is -0.785. The van der Waals surface area contributed by atoms with E-state index in [2.05, 4.69) is 6.58 Å². The summed E-state index contributed by atoms with van der Waals surface area (Å²) < 4.78 is 0. The maximum absolute atomic E-state index is 7.51. The largest absolute Gasteiger partial charge is 0.482 e. The summed E-state index contributed by atoms with van der Waals surface area (Å²) in [6.07, 6.45) is 1.18. The first-order valence-corrected chi connectivity index (χ1v) is 1.44. The fraction of sp³-hybridized carbons (Fsp3) is 0. The first-order chi connectivity index (χ1) is 3.33. The van der Waals surface area contributed by atoms with Crippen LogP contribution in [0.3, 0.4) is 0 Å². The highest BCUT2D eigenvalue weighted by atomic mass is 16.4. The standard InChI is InChI=1S/C3H3N.BH2O2/c1-2-3-4;2-1-3/h2H,1H2;2-3H. The molecule has 0 spiro atoms. The quantitative estimate of drug-likeness (QED) is 0.308. The Morgan fingerprint density at radius 3 is 1.86 bits per heavy atom. The van der Waals surface area contributed by atoms with Gasteiger partial charge in [0, 0.05) is 6.08 Å². The maximum Gasteiger partial charge on any atom is 0.482 e. The fourth-order valence-corrected chi connectivity index (χ4v) is 0. The lowest BCUT2D eigenvalue weighted by molar-refractivity contribution is 0.448. The molecule has 2 N–H and O–H groups in total. The molecule has 4 heteroatoms. The second-order valence-corrected chi connectivity index (χ2v) is 0.449. The molecule has 0 saturated heterocycles. The minimum Gasteiger partial charge on any atom is -0.429 e. The summed E-state index contributed by atoms with van der Waals surface area (Å²) in [7, 11) is 0. The van der Waals surface area contributed by atoms with Crippen LogP contribution in [0.15, 0.2) is 12.7 Å². The molecule has 37 valence electrons. The third kappa shape index (κ3) is 1170. The average Bonchev–Trinajstić information content (AvgIpc) is 1.69. The summed E-state index contributed by atoms with van der Waals surface area (Å²) in [5.74, 6) is 0. The van der Waals surface area contributed by atoms with Crippen molar-refractivity contribution in [1.29, 1.82) is 5.26 Å². The van der Waals surface area contributed by atoms with Gasteiger partial charge in [0.15, 0.2) is 0 Å². The van der Waals surface area contributed by atoms with Crippen LogP contribution in [-0.4, -0.2) is 17.7 Å². The van der Waals surface area contributed by atoms with E-state index in [0.29, 0.717) is 0 Å². The first-order valence-electron chi connectivity index (χ1n) is 1.44. The van der Waals surface area contributed by atoms with Gasteiger partial charge in [-0.05, 0) is 0 Å².